The zero-order chi connectivity index (χ0) is 25.5. The minimum absolute atomic E-state index is 0.0498. The van der Waals surface area contributed by atoms with E-state index in [1.165, 1.54) is 0 Å². The lowest BCUT2D eigenvalue weighted by atomic mass is 10.0. The Bertz CT molecular complexity index is 603. The Morgan fingerprint density at radius 2 is 1.00 bits per heavy atom. The van der Waals surface area contributed by atoms with Crippen LogP contribution in [0.25, 0.3) is 0 Å². The smallest absolute Gasteiger partial charge is 0.257 e. The third-order valence-corrected chi connectivity index (χ3v) is 10.9. The standard InChI is InChI=1S/C20H51NO6SSi4/c1-29(2,3)24-17-20(18-25-30(4,5)6,19-26-31(7,8)9)21-15-13-14-16-28(22,23)27-32(10,11)12/h21H,13-19H2,1-12H3. The molecule has 0 atom stereocenters. The molecular weight excluding hydrogens is 495 g/mol. The molecule has 0 rings (SSSR count). The molecule has 0 amide bonds. The van der Waals surface area contributed by atoms with E-state index >= 15 is 0 Å². The summed E-state index contributed by atoms with van der Waals surface area (Å²) >= 11 is 0. The minimum Gasteiger partial charge on any atom is -0.416 e. The first kappa shape index (κ1) is 32.6. The molecule has 194 valence electrons. The Kier molecular flexibility index (Phi) is 12.8. The van der Waals surface area contributed by atoms with Gasteiger partial charge in [0.15, 0.2) is 25.0 Å². The summed E-state index contributed by atoms with van der Waals surface area (Å²) in [4.78, 5) is 0. The van der Waals surface area contributed by atoms with Gasteiger partial charge in [-0.15, -0.1) is 0 Å². The van der Waals surface area contributed by atoms with Crippen LogP contribution >= 0.6 is 0 Å². The monoisotopic (exact) mass is 545 g/mol. The maximum Gasteiger partial charge on any atom is 0.257 e. The fourth-order valence-electron chi connectivity index (χ4n) is 2.52. The van der Waals surface area contributed by atoms with Crippen LogP contribution in [-0.4, -0.2) is 79.3 Å². The van der Waals surface area contributed by atoms with E-state index in [-0.39, 0.29) is 5.75 Å². The summed E-state index contributed by atoms with van der Waals surface area (Å²) in [6.07, 6.45) is 1.28. The van der Waals surface area contributed by atoms with Crippen molar-refractivity contribution in [3.05, 3.63) is 0 Å². The molecule has 0 aliphatic heterocycles. The van der Waals surface area contributed by atoms with Crippen LogP contribution in [0, 0.1) is 0 Å². The molecular formula is C20H51NO6SSi4. The molecule has 12 heteroatoms. The van der Waals surface area contributed by atoms with E-state index in [0.717, 1.165) is 6.42 Å². The van der Waals surface area contributed by atoms with E-state index in [9.17, 15) is 8.42 Å². The van der Waals surface area contributed by atoms with Crippen LogP contribution in [0.5, 0.6) is 0 Å². The molecule has 0 spiro atoms. The van der Waals surface area contributed by atoms with Crippen LogP contribution in [-0.2, 0) is 27.3 Å². The number of hydrogen-bond donors (Lipinski definition) is 1. The first-order chi connectivity index (χ1) is 14.0. The summed E-state index contributed by atoms with van der Waals surface area (Å²) in [7, 11) is -10.8. The number of hydrogen-bond acceptors (Lipinski definition) is 7. The van der Waals surface area contributed by atoms with Crippen molar-refractivity contribution in [1.82, 2.24) is 5.32 Å². The zero-order valence-corrected chi connectivity index (χ0v) is 27.6. The van der Waals surface area contributed by atoms with E-state index in [0.29, 0.717) is 32.8 Å². The maximum atomic E-state index is 12.2. The fourth-order valence-corrected chi connectivity index (χ4v) is 8.59. The molecule has 0 bridgehead atoms. The summed E-state index contributed by atoms with van der Waals surface area (Å²) in [6.45, 7) is 27.5. The average Bonchev–Trinajstić information content (AvgIpc) is 2.50. The van der Waals surface area contributed by atoms with Crippen LogP contribution in [0.3, 0.4) is 0 Å². The molecule has 0 saturated carbocycles. The van der Waals surface area contributed by atoms with Gasteiger partial charge in [-0.05, 0) is 98.0 Å². The topological polar surface area (TPSA) is 83.1 Å². The van der Waals surface area contributed by atoms with Gasteiger partial charge >= 0.3 is 0 Å². The molecule has 0 fully saturated rings. The maximum absolute atomic E-state index is 12.2. The Morgan fingerprint density at radius 3 is 1.31 bits per heavy atom. The van der Waals surface area contributed by atoms with Crippen molar-refractivity contribution in [2.45, 2.75) is 96.9 Å². The highest BCUT2D eigenvalue weighted by molar-refractivity contribution is 7.87. The van der Waals surface area contributed by atoms with Gasteiger partial charge in [-0.2, -0.15) is 0 Å². The van der Waals surface area contributed by atoms with E-state index < -0.39 is 48.9 Å². The lowest BCUT2D eigenvalue weighted by molar-refractivity contribution is 0.0612. The van der Waals surface area contributed by atoms with Crippen LogP contribution < -0.4 is 5.32 Å². The average molecular weight is 546 g/mol. The Balaban J connectivity index is 5.23. The SMILES string of the molecule is C[Si](C)(C)OCC(CO[Si](C)(C)C)(CO[Si](C)(C)C)NCCCCS(=O)(=O)O[Si](C)(C)C. The number of unbranched alkanes of at least 4 members (excludes halogenated alkanes) is 1. The predicted molar refractivity (Wildman–Crippen MR) is 146 cm³/mol. The highest BCUT2D eigenvalue weighted by Crippen LogP contribution is 2.18. The molecule has 0 saturated heterocycles. The van der Waals surface area contributed by atoms with Gasteiger partial charge in [-0.25, -0.2) is 8.42 Å². The van der Waals surface area contributed by atoms with Gasteiger partial charge in [-0.3, -0.25) is 0 Å². The van der Waals surface area contributed by atoms with Crippen molar-refractivity contribution in [1.29, 1.82) is 0 Å². The van der Waals surface area contributed by atoms with Crippen LogP contribution in [0.2, 0.25) is 78.6 Å². The summed E-state index contributed by atoms with van der Waals surface area (Å²) in [5.41, 5.74) is -0.450. The van der Waals surface area contributed by atoms with E-state index in [4.69, 9.17) is 17.2 Å². The van der Waals surface area contributed by atoms with Crippen LogP contribution in [0.15, 0.2) is 0 Å². The van der Waals surface area contributed by atoms with Crippen LogP contribution in [0.1, 0.15) is 12.8 Å². The van der Waals surface area contributed by atoms with Gasteiger partial charge in [0.1, 0.15) is 0 Å². The molecule has 1 N–H and O–H groups in total. The Labute approximate surface area is 203 Å². The Hall–Kier alpha value is 0.618. The first-order valence-electron chi connectivity index (χ1n) is 11.6. The van der Waals surface area contributed by atoms with Gasteiger partial charge in [0.05, 0.1) is 31.1 Å². The molecule has 0 heterocycles. The summed E-state index contributed by atoms with van der Waals surface area (Å²) in [5, 5.41) is 3.65. The van der Waals surface area contributed by atoms with Gasteiger partial charge in [0.25, 0.3) is 10.1 Å². The third kappa shape index (κ3) is 19.0. The molecule has 0 unspecified atom stereocenters. The number of nitrogens with one attached hydrogen (secondary N) is 1. The lowest BCUT2D eigenvalue weighted by Crippen LogP contribution is -2.60. The second-order valence-electron chi connectivity index (χ2n) is 12.6. The molecule has 0 aliphatic carbocycles. The predicted octanol–water partition coefficient (Wildman–Crippen LogP) is 4.83. The fraction of sp³-hybridized carbons (Fsp3) is 1.00. The van der Waals surface area contributed by atoms with E-state index in [2.05, 4.69) is 64.2 Å². The lowest BCUT2D eigenvalue weighted by Gasteiger charge is -2.40. The third-order valence-electron chi connectivity index (χ3n) is 4.04. The quantitative estimate of drug-likeness (QED) is 0.207. The Morgan fingerprint density at radius 1 is 0.625 bits per heavy atom. The summed E-state index contributed by atoms with van der Waals surface area (Å²) in [6, 6.07) is 0. The van der Waals surface area contributed by atoms with Crippen LogP contribution in [0.4, 0.5) is 0 Å². The highest BCUT2D eigenvalue weighted by atomic mass is 32.2. The largest absolute Gasteiger partial charge is 0.416 e. The molecule has 0 aromatic rings. The van der Waals surface area contributed by atoms with Crippen molar-refractivity contribution in [2.75, 3.05) is 32.1 Å². The van der Waals surface area contributed by atoms with Crippen molar-refractivity contribution in [3.8, 4) is 0 Å². The second-order valence-corrected chi connectivity index (χ2v) is 32.5. The highest BCUT2D eigenvalue weighted by Gasteiger charge is 2.36. The molecule has 0 radical (unpaired) electrons. The second kappa shape index (κ2) is 12.5. The summed E-state index contributed by atoms with van der Waals surface area (Å²) < 4.78 is 48.7. The normalized spacial score (nSPS) is 14.8. The minimum atomic E-state index is -3.47. The molecule has 0 aliphatic rings. The van der Waals surface area contributed by atoms with Gasteiger partial charge in [-0.1, -0.05) is 0 Å². The van der Waals surface area contributed by atoms with E-state index in [1.807, 2.05) is 19.6 Å². The molecule has 7 nitrogen and oxygen atoms in total. The van der Waals surface area contributed by atoms with Crippen molar-refractivity contribution in [3.63, 3.8) is 0 Å². The van der Waals surface area contributed by atoms with Gasteiger partial charge < -0.3 is 22.5 Å². The van der Waals surface area contributed by atoms with Gasteiger partial charge in [0, 0.05) is 0 Å². The van der Waals surface area contributed by atoms with Crippen molar-refractivity contribution < 1.29 is 25.6 Å². The van der Waals surface area contributed by atoms with Gasteiger partial charge in [0.2, 0.25) is 8.32 Å². The molecule has 32 heavy (non-hydrogen) atoms. The number of rotatable bonds is 17. The zero-order valence-electron chi connectivity index (χ0n) is 22.8. The molecule has 0 aromatic carbocycles. The summed E-state index contributed by atoms with van der Waals surface area (Å²) in [5.74, 6) is 0.0498. The first-order valence-corrected chi connectivity index (χ1v) is 26.8. The van der Waals surface area contributed by atoms with Crippen molar-refractivity contribution >= 4 is 43.4 Å². The van der Waals surface area contributed by atoms with E-state index in [1.54, 1.807) is 0 Å². The molecule has 0 aromatic heterocycles. The van der Waals surface area contributed by atoms with Crippen molar-refractivity contribution in [2.24, 2.45) is 0 Å².